The number of benzene rings is 1. The first kappa shape index (κ1) is 24.6. The van der Waals surface area contributed by atoms with Gasteiger partial charge in [-0.15, -0.1) is 0 Å². The molecule has 0 atom stereocenters. The number of pyridine rings is 2. The number of carbonyl (C=O) groups excluding carboxylic acids is 1. The van der Waals surface area contributed by atoms with Crippen LogP contribution in [0.15, 0.2) is 64.4 Å². The third-order valence-corrected chi connectivity index (χ3v) is 5.41. The van der Waals surface area contributed by atoms with Gasteiger partial charge in [0.2, 0.25) is 5.88 Å². The molecule has 0 spiro atoms. The van der Waals surface area contributed by atoms with Gasteiger partial charge in [-0.05, 0) is 42.8 Å². The van der Waals surface area contributed by atoms with Crippen LogP contribution in [0.4, 0.5) is 4.39 Å². The van der Waals surface area contributed by atoms with Crippen LogP contribution >= 0.6 is 0 Å². The van der Waals surface area contributed by atoms with Gasteiger partial charge in [0.15, 0.2) is 0 Å². The molecule has 1 amide bonds. The molecular weight excluding hydrogens is 469 g/mol. The van der Waals surface area contributed by atoms with Gasteiger partial charge in [-0.1, -0.05) is 6.07 Å². The van der Waals surface area contributed by atoms with Crippen LogP contribution in [0.5, 0.6) is 11.6 Å². The van der Waals surface area contributed by atoms with E-state index in [1.165, 1.54) is 48.1 Å². The van der Waals surface area contributed by atoms with Gasteiger partial charge in [-0.3, -0.25) is 18.7 Å². The number of nitrogens with one attached hydrogen (secondary N) is 1. The normalized spacial score (nSPS) is 10.9. The summed E-state index contributed by atoms with van der Waals surface area (Å²) in [6.07, 6.45) is 2.92. The molecule has 0 saturated carbocycles. The highest BCUT2D eigenvalue weighted by Crippen LogP contribution is 2.12. The predicted octanol–water partition coefficient (Wildman–Crippen LogP) is 2.04. The lowest BCUT2D eigenvalue weighted by Gasteiger charge is -2.12. The summed E-state index contributed by atoms with van der Waals surface area (Å²) in [6, 6.07) is 10.3. The van der Waals surface area contributed by atoms with E-state index in [0.29, 0.717) is 23.8 Å². The fraction of sp³-hybridized carbons (Fsp3) is 0.240. The fourth-order valence-electron chi connectivity index (χ4n) is 3.53. The second-order valence-corrected chi connectivity index (χ2v) is 7.81. The first-order chi connectivity index (χ1) is 17.4. The van der Waals surface area contributed by atoms with Crippen LogP contribution in [0.2, 0.25) is 0 Å². The molecule has 0 aliphatic carbocycles. The molecule has 3 heterocycles. The van der Waals surface area contributed by atoms with Crippen molar-refractivity contribution in [2.75, 3.05) is 13.2 Å². The lowest BCUT2D eigenvalue weighted by molar-refractivity contribution is 0.0946. The molecule has 0 aliphatic heterocycles. The highest BCUT2D eigenvalue weighted by atomic mass is 19.1. The maximum atomic E-state index is 13.1. The number of hydrogen-bond donors (Lipinski definition) is 1. The van der Waals surface area contributed by atoms with Crippen molar-refractivity contribution in [3.63, 3.8) is 0 Å². The Morgan fingerprint density at radius 3 is 2.53 bits per heavy atom. The van der Waals surface area contributed by atoms with Crippen LogP contribution < -0.4 is 26.0 Å². The standard InChI is InChI=1S/C25H24FN5O5/c1-3-35-22-9-4-16(13-28-22)14-29-23(32)20-12-19-21(15-27-20)30(2)25(34)31(24(19)33)10-11-36-18-7-5-17(26)6-8-18/h4-9,12-13,15H,3,10-11,14H2,1-2H3,(H,29,32). The van der Waals surface area contributed by atoms with Gasteiger partial charge in [0.25, 0.3) is 11.5 Å². The third kappa shape index (κ3) is 5.40. The molecule has 0 unspecified atom stereocenters. The minimum atomic E-state index is -0.567. The number of ether oxygens (including phenoxy) is 2. The van der Waals surface area contributed by atoms with Gasteiger partial charge < -0.3 is 14.8 Å². The number of fused-ring (bicyclic) bond motifs is 1. The minimum Gasteiger partial charge on any atom is -0.492 e. The molecule has 4 rings (SSSR count). The molecule has 1 N–H and O–H groups in total. The van der Waals surface area contributed by atoms with Crippen molar-refractivity contribution in [1.29, 1.82) is 0 Å². The molecule has 10 nitrogen and oxygen atoms in total. The smallest absolute Gasteiger partial charge is 0.331 e. The minimum absolute atomic E-state index is 0.0147. The Morgan fingerprint density at radius 1 is 1.06 bits per heavy atom. The number of rotatable bonds is 9. The summed E-state index contributed by atoms with van der Waals surface area (Å²) < 4.78 is 26.2. The largest absolute Gasteiger partial charge is 0.492 e. The van der Waals surface area contributed by atoms with Gasteiger partial charge in [-0.25, -0.2) is 19.2 Å². The molecule has 186 valence electrons. The van der Waals surface area contributed by atoms with Crippen LogP contribution in [-0.4, -0.2) is 38.2 Å². The molecule has 36 heavy (non-hydrogen) atoms. The first-order valence-corrected chi connectivity index (χ1v) is 11.2. The van der Waals surface area contributed by atoms with Crippen LogP contribution in [0, 0.1) is 5.82 Å². The molecule has 0 aliphatic rings. The predicted molar refractivity (Wildman–Crippen MR) is 130 cm³/mol. The van der Waals surface area contributed by atoms with E-state index >= 15 is 0 Å². The van der Waals surface area contributed by atoms with E-state index in [9.17, 15) is 18.8 Å². The van der Waals surface area contributed by atoms with E-state index < -0.39 is 23.0 Å². The number of hydrogen-bond acceptors (Lipinski definition) is 7. The average molecular weight is 493 g/mol. The quantitative estimate of drug-likeness (QED) is 0.379. The Morgan fingerprint density at radius 2 is 1.83 bits per heavy atom. The van der Waals surface area contributed by atoms with Crippen molar-refractivity contribution >= 4 is 16.8 Å². The summed E-state index contributed by atoms with van der Waals surface area (Å²) in [6.45, 7) is 2.55. The summed E-state index contributed by atoms with van der Waals surface area (Å²) in [5.41, 5.74) is -0.0158. The molecule has 4 aromatic rings. The maximum absolute atomic E-state index is 13.1. The second kappa shape index (κ2) is 10.8. The third-order valence-electron chi connectivity index (χ3n) is 5.41. The van der Waals surface area contributed by atoms with Crippen molar-refractivity contribution in [3.8, 4) is 11.6 Å². The van der Waals surface area contributed by atoms with Gasteiger partial charge in [0, 0.05) is 25.9 Å². The molecule has 0 saturated heterocycles. The van der Waals surface area contributed by atoms with Crippen molar-refractivity contribution in [3.05, 3.63) is 92.8 Å². The Hall–Kier alpha value is -4.54. The van der Waals surface area contributed by atoms with E-state index in [4.69, 9.17) is 9.47 Å². The van der Waals surface area contributed by atoms with E-state index in [0.717, 1.165) is 10.1 Å². The summed E-state index contributed by atoms with van der Waals surface area (Å²) in [7, 11) is 1.52. The lowest BCUT2D eigenvalue weighted by atomic mass is 10.2. The molecule has 0 fully saturated rings. The molecule has 3 aromatic heterocycles. The molecule has 0 radical (unpaired) electrons. The Balaban J connectivity index is 1.51. The zero-order valence-corrected chi connectivity index (χ0v) is 19.7. The highest BCUT2D eigenvalue weighted by molar-refractivity contribution is 5.95. The SMILES string of the molecule is CCOc1ccc(CNC(=O)c2cc3c(=O)n(CCOc4ccc(F)cc4)c(=O)n(C)c3cn2)cn1. The molecule has 1 aromatic carbocycles. The zero-order chi connectivity index (χ0) is 25.7. The average Bonchev–Trinajstić information content (AvgIpc) is 2.89. The maximum Gasteiger partial charge on any atom is 0.331 e. The summed E-state index contributed by atoms with van der Waals surface area (Å²) in [5, 5.41) is 2.91. The van der Waals surface area contributed by atoms with Crippen LogP contribution in [-0.2, 0) is 20.1 Å². The molecular formula is C25H24FN5O5. The van der Waals surface area contributed by atoms with E-state index in [1.54, 1.807) is 18.3 Å². The van der Waals surface area contributed by atoms with Gasteiger partial charge in [0.05, 0.1) is 30.3 Å². The summed E-state index contributed by atoms with van der Waals surface area (Å²) >= 11 is 0. The monoisotopic (exact) mass is 493 g/mol. The van der Waals surface area contributed by atoms with Crippen LogP contribution in [0.1, 0.15) is 23.0 Å². The first-order valence-electron chi connectivity index (χ1n) is 11.2. The number of aromatic nitrogens is 4. The second-order valence-electron chi connectivity index (χ2n) is 7.81. The topological polar surface area (TPSA) is 117 Å². The lowest BCUT2D eigenvalue weighted by Crippen LogP contribution is -2.40. The Bertz CT molecular complexity index is 1500. The molecule has 0 bridgehead atoms. The fourth-order valence-corrected chi connectivity index (χ4v) is 3.53. The van der Waals surface area contributed by atoms with E-state index in [1.807, 2.05) is 6.92 Å². The number of halogens is 1. The number of nitrogens with zero attached hydrogens (tertiary/aromatic N) is 4. The zero-order valence-electron chi connectivity index (χ0n) is 19.7. The van der Waals surface area contributed by atoms with Gasteiger partial charge >= 0.3 is 5.69 Å². The van der Waals surface area contributed by atoms with Crippen LogP contribution in [0.3, 0.4) is 0 Å². The number of carbonyl (C=O) groups is 1. The highest BCUT2D eigenvalue weighted by Gasteiger charge is 2.15. The van der Waals surface area contributed by atoms with Crippen molar-refractivity contribution in [2.24, 2.45) is 7.05 Å². The van der Waals surface area contributed by atoms with Gasteiger partial charge in [-0.2, -0.15) is 0 Å². The van der Waals surface area contributed by atoms with Crippen LogP contribution in [0.25, 0.3) is 10.9 Å². The summed E-state index contributed by atoms with van der Waals surface area (Å²) in [4.78, 5) is 46.8. The van der Waals surface area contributed by atoms with E-state index in [2.05, 4.69) is 15.3 Å². The Labute approximate surface area is 205 Å². The molecule has 11 heteroatoms. The Kier molecular flexibility index (Phi) is 7.38. The van der Waals surface area contributed by atoms with Crippen molar-refractivity contribution < 1.29 is 18.7 Å². The van der Waals surface area contributed by atoms with Crippen molar-refractivity contribution in [1.82, 2.24) is 24.4 Å². The van der Waals surface area contributed by atoms with Gasteiger partial charge in [0.1, 0.15) is 23.9 Å². The van der Waals surface area contributed by atoms with E-state index in [-0.39, 0.29) is 30.8 Å². The number of aryl methyl sites for hydroxylation is 1. The van der Waals surface area contributed by atoms with Crippen molar-refractivity contribution in [2.45, 2.75) is 20.0 Å². The number of amides is 1. The summed E-state index contributed by atoms with van der Waals surface area (Å²) in [5.74, 6) is 0.0264.